The highest BCUT2D eigenvalue weighted by atomic mass is 16.5. The lowest BCUT2D eigenvalue weighted by Gasteiger charge is -2.19. The van der Waals surface area contributed by atoms with E-state index in [9.17, 15) is 4.79 Å². The van der Waals surface area contributed by atoms with E-state index in [-0.39, 0.29) is 5.60 Å². The highest BCUT2D eigenvalue weighted by Gasteiger charge is 2.28. The Kier molecular flexibility index (Phi) is 4.18. The molecule has 110 valence electrons. The first-order valence-electron chi connectivity index (χ1n) is 6.64. The first-order chi connectivity index (χ1) is 9.35. The van der Waals surface area contributed by atoms with Crippen LogP contribution < -0.4 is 9.47 Å². The predicted octanol–water partition coefficient (Wildman–Crippen LogP) is 2.27. The molecule has 1 aromatic rings. The molecule has 20 heavy (non-hydrogen) atoms. The minimum Gasteiger partial charge on any atom is -0.491 e. The largest absolute Gasteiger partial charge is 0.491 e. The second kappa shape index (κ2) is 5.71. The van der Waals surface area contributed by atoms with E-state index in [0.29, 0.717) is 31.1 Å². The number of carboxylic acid groups (broad SMARTS) is 1. The lowest BCUT2D eigenvalue weighted by atomic mass is 10.1. The van der Waals surface area contributed by atoms with Crippen molar-refractivity contribution in [1.82, 2.24) is 0 Å². The van der Waals surface area contributed by atoms with Crippen molar-refractivity contribution in [2.45, 2.75) is 38.9 Å². The van der Waals surface area contributed by atoms with E-state index >= 15 is 0 Å². The Morgan fingerprint density at radius 3 is 2.80 bits per heavy atom. The third-order valence-electron chi connectivity index (χ3n) is 2.88. The molecule has 0 amide bonds. The second-order valence-electron chi connectivity index (χ2n) is 5.73. The lowest BCUT2D eigenvalue weighted by molar-refractivity contribution is -0.144. The summed E-state index contributed by atoms with van der Waals surface area (Å²) in [6.07, 6.45) is -0.387. The van der Waals surface area contributed by atoms with Gasteiger partial charge in [-0.05, 0) is 32.4 Å². The van der Waals surface area contributed by atoms with Crippen LogP contribution in [0.1, 0.15) is 26.3 Å². The van der Waals surface area contributed by atoms with Gasteiger partial charge < -0.3 is 19.3 Å². The van der Waals surface area contributed by atoms with E-state index in [1.54, 1.807) is 6.07 Å². The summed E-state index contributed by atoms with van der Waals surface area (Å²) in [5.74, 6) is 0.307. The Bertz CT molecular complexity index is 490. The van der Waals surface area contributed by atoms with Crippen molar-refractivity contribution in [2.24, 2.45) is 0 Å². The first-order valence-corrected chi connectivity index (χ1v) is 6.64. The molecule has 0 radical (unpaired) electrons. The number of carboxylic acids is 1. The smallest absolute Gasteiger partial charge is 0.345 e. The lowest BCUT2D eigenvalue weighted by Crippen LogP contribution is -2.24. The van der Waals surface area contributed by atoms with Crippen LogP contribution in [0.4, 0.5) is 0 Å². The Balaban J connectivity index is 1.87. The highest BCUT2D eigenvalue weighted by Crippen LogP contribution is 2.32. The Hall–Kier alpha value is -1.75. The summed E-state index contributed by atoms with van der Waals surface area (Å²) in [4.78, 5) is 10.9. The third kappa shape index (κ3) is 3.87. The molecule has 0 spiro atoms. The van der Waals surface area contributed by atoms with Gasteiger partial charge in [-0.2, -0.15) is 0 Å². The van der Waals surface area contributed by atoms with Crippen LogP contribution in [0.15, 0.2) is 18.2 Å². The summed E-state index contributed by atoms with van der Waals surface area (Å²) in [6, 6.07) is 5.40. The van der Waals surface area contributed by atoms with Crippen molar-refractivity contribution in [3.05, 3.63) is 23.8 Å². The van der Waals surface area contributed by atoms with E-state index in [2.05, 4.69) is 0 Å². The summed E-state index contributed by atoms with van der Waals surface area (Å²) in [5.41, 5.74) is 0.717. The molecule has 1 heterocycles. The van der Waals surface area contributed by atoms with Gasteiger partial charge in [0.2, 0.25) is 0 Å². The fourth-order valence-corrected chi connectivity index (χ4v) is 1.94. The summed E-state index contributed by atoms with van der Waals surface area (Å²) >= 11 is 0. The summed E-state index contributed by atoms with van der Waals surface area (Å²) in [6.45, 7) is 6.91. The maximum atomic E-state index is 10.9. The minimum absolute atomic E-state index is 0.181. The first kappa shape index (κ1) is 14.7. The third-order valence-corrected chi connectivity index (χ3v) is 2.88. The van der Waals surface area contributed by atoms with Crippen LogP contribution in [0.5, 0.6) is 11.5 Å². The van der Waals surface area contributed by atoms with E-state index in [0.717, 1.165) is 5.56 Å². The maximum absolute atomic E-state index is 10.9. The zero-order chi connectivity index (χ0) is 14.8. The molecule has 0 aliphatic carbocycles. The second-order valence-corrected chi connectivity index (χ2v) is 5.73. The fourth-order valence-electron chi connectivity index (χ4n) is 1.94. The number of benzene rings is 1. The van der Waals surface area contributed by atoms with Gasteiger partial charge in [-0.25, -0.2) is 4.79 Å². The molecule has 1 aliphatic rings. The Morgan fingerprint density at radius 2 is 2.15 bits per heavy atom. The highest BCUT2D eigenvalue weighted by molar-refractivity contribution is 5.74. The Morgan fingerprint density at radius 1 is 1.40 bits per heavy atom. The molecular formula is C15H20O5. The van der Waals surface area contributed by atoms with E-state index in [1.807, 2.05) is 32.9 Å². The zero-order valence-corrected chi connectivity index (χ0v) is 12.0. The van der Waals surface area contributed by atoms with Crippen molar-refractivity contribution in [3.8, 4) is 11.5 Å². The van der Waals surface area contributed by atoms with E-state index in [1.165, 1.54) is 0 Å². The maximum Gasteiger partial charge on any atom is 0.345 e. The standard InChI is InChI=1S/C15H20O5/c1-15(2,3)19-7-6-18-11-5-4-10-8-13(14(16)17)20-12(10)9-11/h4-5,9,13H,6-8H2,1-3H3,(H,16,17). The molecule has 1 N–H and O–H groups in total. The molecule has 5 nitrogen and oxygen atoms in total. The van der Waals surface area contributed by atoms with Crippen LogP contribution in [-0.2, 0) is 16.0 Å². The van der Waals surface area contributed by atoms with Crippen molar-refractivity contribution in [3.63, 3.8) is 0 Å². The summed E-state index contributed by atoms with van der Waals surface area (Å²) in [5, 5.41) is 8.93. The van der Waals surface area contributed by atoms with Crippen molar-refractivity contribution < 1.29 is 24.1 Å². The molecule has 0 bridgehead atoms. The van der Waals surface area contributed by atoms with Crippen molar-refractivity contribution in [2.75, 3.05) is 13.2 Å². The van der Waals surface area contributed by atoms with Gasteiger partial charge in [-0.3, -0.25) is 0 Å². The molecule has 2 rings (SSSR count). The normalized spacial score (nSPS) is 17.4. The van der Waals surface area contributed by atoms with Gasteiger partial charge in [0.05, 0.1) is 12.2 Å². The molecule has 1 atom stereocenters. The quantitative estimate of drug-likeness (QED) is 0.838. The van der Waals surface area contributed by atoms with Gasteiger partial charge >= 0.3 is 5.97 Å². The summed E-state index contributed by atoms with van der Waals surface area (Å²) < 4.78 is 16.5. The average Bonchev–Trinajstić information content (AvgIpc) is 2.76. The summed E-state index contributed by atoms with van der Waals surface area (Å²) in [7, 11) is 0. The number of fused-ring (bicyclic) bond motifs is 1. The molecule has 5 heteroatoms. The van der Waals surface area contributed by atoms with E-state index in [4.69, 9.17) is 19.3 Å². The van der Waals surface area contributed by atoms with Gasteiger partial charge in [0.1, 0.15) is 18.1 Å². The number of carbonyl (C=O) groups is 1. The van der Waals surface area contributed by atoms with Crippen LogP contribution in [0, 0.1) is 0 Å². The molecule has 0 fully saturated rings. The number of ether oxygens (including phenoxy) is 3. The van der Waals surface area contributed by atoms with Gasteiger partial charge in [-0.15, -0.1) is 0 Å². The molecule has 1 aromatic carbocycles. The topological polar surface area (TPSA) is 65.0 Å². The zero-order valence-electron chi connectivity index (χ0n) is 12.0. The molecule has 0 saturated carbocycles. The van der Waals surface area contributed by atoms with Crippen LogP contribution in [0.25, 0.3) is 0 Å². The minimum atomic E-state index is -0.942. The van der Waals surface area contributed by atoms with Crippen LogP contribution >= 0.6 is 0 Å². The predicted molar refractivity (Wildman–Crippen MR) is 73.4 cm³/mol. The van der Waals surface area contributed by atoms with Crippen molar-refractivity contribution >= 4 is 5.97 Å². The molecule has 1 unspecified atom stereocenters. The fraction of sp³-hybridized carbons (Fsp3) is 0.533. The van der Waals surface area contributed by atoms with Crippen LogP contribution in [-0.4, -0.2) is 36.0 Å². The van der Waals surface area contributed by atoms with Gasteiger partial charge in [0.25, 0.3) is 0 Å². The average molecular weight is 280 g/mol. The number of rotatable bonds is 5. The van der Waals surface area contributed by atoms with E-state index < -0.39 is 12.1 Å². The molecule has 0 aromatic heterocycles. The van der Waals surface area contributed by atoms with Gasteiger partial charge in [0, 0.05) is 12.5 Å². The molecule has 0 saturated heterocycles. The Labute approximate surface area is 118 Å². The van der Waals surface area contributed by atoms with Gasteiger partial charge in [-0.1, -0.05) is 6.07 Å². The van der Waals surface area contributed by atoms with Crippen LogP contribution in [0.2, 0.25) is 0 Å². The number of aliphatic carboxylic acids is 1. The van der Waals surface area contributed by atoms with Gasteiger partial charge in [0.15, 0.2) is 6.10 Å². The monoisotopic (exact) mass is 280 g/mol. The SMILES string of the molecule is CC(C)(C)OCCOc1ccc2c(c1)OC(C(=O)O)C2. The number of hydrogen-bond donors (Lipinski definition) is 1. The van der Waals surface area contributed by atoms with Crippen molar-refractivity contribution in [1.29, 1.82) is 0 Å². The number of hydrogen-bond acceptors (Lipinski definition) is 4. The molecule has 1 aliphatic heterocycles. The van der Waals surface area contributed by atoms with Crippen LogP contribution in [0.3, 0.4) is 0 Å². The molecular weight excluding hydrogens is 260 g/mol.